The molecule has 1 N–H and O–H groups in total. The van der Waals surface area contributed by atoms with Crippen LogP contribution in [-0.2, 0) is 24.1 Å². The van der Waals surface area contributed by atoms with Gasteiger partial charge >= 0.3 is 5.97 Å². The Morgan fingerprint density at radius 2 is 2.06 bits per heavy atom. The molecule has 0 spiro atoms. The molecule has 4 aromatic heterocycles. The molecule has 0 atom stereocenters. The standard InChI is InChI=1S/C25H28N6O3S/c1-5-30-13-18(15(4)29-30)19-10-11-26-22-17(12-27-31(19)22)23(32)28-24-21(25(33)34-14(2)3)16-8-6-7-9-20(16)35-24/h10-14H,5-9H2,1-4H3,(H,28,32). The molecule has 0 saturated heterocycles. The molecule has 5 rings (SSSR count). The van der Waals surface area contributed by atoms with Crippen LogP contribution in [0.5, 0.6) is 0 Å². The van der Waals surface area contributed by atoms with Crippen molar-refractivity contribution >= 4 is 33.9 Å². The Morgan fingerprint density at radius 3 is 2.80 bits per heavy atom. The van der Waals surface area contributed by atoms with Gasteiger partial charge in [0.25, 0.3) is 5.91 Å². The van der Waals surface area contributed by atoms with Gasteiger partial charge in [-0.05, 0) is 65.0 Å². The van der Waals surface area contributed by atoms with E-state index in [9.17, 15) is 9.59 Å². The number of nitrogens with zero attached hydrogens (tertiary/aromatic N) is 5. The highest BCUT2D eigenvalue weighted by Crippen LogP contribution is 2.39. The predicted molar refractivity (Wildman–Crippen MR) is 134 cm³/mol. The zero-order chi connectivity index (χ0) is 24.7. The van der Waals surface area contributed by atoms with Crippen LogP contribution in [0.3, 0.4) is 0 Å². The molecule has 0 aliphatic heterocycles. The molecule has 1 aliphatic rings. The van der Waals surface area contributed by atoms with Crippen LogP contribution in [0.1, 0.15) is 70.5 Å². The fourth-order valence-electron chi connectivity index (χ4n) is 4.50. The fraction of sp³-hybridized carbons (Fsp3) is 0.400. The SMILES string of the molecule is CCn1cc(-c2ccnc3c(C(=O)Nc4sc5c(c4C(=O)OC(C)C)CCCC5)cnn23)c(C)n1. The van der Waals surface area contributed by atoms with Crippen molar-refractivity contribution in [1.82, 2.24) is 24.4 Å². The van der Waals surface area contributed by atoms with Gasteiger partial charge in [0.1, 0.15) is 10.6 Å². The second kappa shape index (κ2) is 9.26. The van der Waals surface area contributed by atoms with E-state index in [0.29, 0.717) is 21.8 Å². The summed E-state index contributed by atoms with van der Waals surface area (Å²) in [4.78, 5) is 31.9. The molecule has 0 radical (unpaired) electrons. The summed E-state index contributed by atoms with van der Waals surface area (Å²) >= 11 is 1.46. The minimum absolute atomic E-state index is 0.243. The summed E-state index contributed by atoms with van der Waals surface area (Å²) in [6, 6.07) is 1.86. The minimum Gasteiger partial charge on any atom is -0.459 e. The first-order chi connectivity index (χ1) is 16.9. The maximum atomic E-state index is 13.4. The number of hydrogen-bond acceptors (Lipinski definition) is 7. The highest BCUT2D eigenvalue weighted by molar-refractivity contribution is 7.17. The van der Waals surface area contributed by atoms with E-state index < -0.39 is 5.97 Å². The molecule has 1 aliphatic carbocycles. The molecule has 0 fully saturated rings. The third-order valence-electron chi connectivity index (χ3n) is 6.14. The average Bonchev–Trinajstić information content (AvgIpc) is 3.52. The van der Waals surface area contributed by atoms with E-state index in [0.717, 1.165) is 59.6 Å². The lowest BCUT2D eigenvalue weighted by Crippen LogP contribution is -2.18. The molecule has 10 heteroatoms. The molecular weight excluding hydrogens is 464 g/mol. The van der Waals surface area contributed by atoms with Crippen LogP contribution in [0.4, 0.5) is 5.00 Å². The van der Waals surface area contributed by atoms with Crippen LogP contribution in [0, 0.1) is 6.92 Å². The van der Waals surface area contributed by atoms with Gasteiger partial charge in [0, 0.05) is 29.4 Å². The zero-order valence-electron chi connectivity index (χ0n) is 20.3. The lowest BCUT2D eigenvalue weighted by molar-refractivity contribution is 0.0378. The maximum absolute atomic E-state index is 13.4. The molecule has 182 valence electrons. The van der Waals surface area contributed by atoms with Gasteiger partial charge in [0.2, 0.25) is 0 Å². The highest BCUT2D eigenvalue weighted by Gasteiger charge is 2.29. The molecule has 4 heterocycles. The second-order valence-corrected chi connectivity index (χ2v) is 10.0. The van der Waals surface area contributed by atoms with Crippen LogP contribution < -0.4 is 5.32 Å². The summed E-state index contributed by atoms with van der Waals surface area (Å²) < 4.78 is 9.04. The summed E-state index contributed by atoms with van der Waals surface area (Å²) in [5, 5.41) is 12.5. The van der Waals surface area contributed by atoms with E-state index in [-0.39, 0.29) is 12.0 Å². The Bertz CT molecular complexity index is 1430. The molecule has 1 amide bonds. The number of carbonyl (C=O) groups excluding carboxylic acids is 2. The lowest BCUT2D eigenvalue weighted by Gasteiger charge is -2.14. The summed E-state index contributed by atoms with van der Waals surface area (Å²) in [5.41, 5.74) is 4.87. The van der Waals surface area contributed by atoms with Gasteiger partial charge in [-0.3, -0.25) is 9.48 Å². The van der Waals surface area contributed by atoms with Gasteiger partial charge in [0.15, 0.2) is 5.65 Å². The number of aryl methyl sites for hydroxylation is 3. The molecule has 4 aromatic rings. The zero-order valence-corrected chi connectivity index (χ0v) is 21.1. The summed E-state index contributed by atoms with van der Waals surface area (Å²) in [6.45, 7) is 8.38. The van der Waals surface area contributed by atoms with Crippen LogP contribution in [0.2, 0.25) is 0 Å². The number of ether oxygens (including phenoxy) is 1. The highest BCUT2D eigenvalue weighted by atomic mass is 32.1. The minimum atomic E-state index is -0.390. The fourth-order valence-corrected chi connectivity index (χ4v) is 5.77. The van der Waals surface area contributed by atoms with E-state index in [1.54, 1.807) is 10.7 Å². The van der Waals surface area contributed by atoms with Crippen molar-refractivity contribution in [2.24, 2.45) is 0 Å². The largest absolute Gasteiger partial charge is 0.459 e. The first kappa shape index (κ1) is 23.2. The van der Waals surface area contributed by atoms with Gasteiger partial charge in [-0.15, -0.1) is 11.3 Å². The summed E-state index contributed by atoms with van der Waals surface area (Å²) in [5.74, 6) is -0.749. The van der Waals surface area contributed by atoms with Crippen LogP contribution in [-0.4, -0.2) is 42.4 Å². The van der Waals surface area contributed by atoms with E-state index in [4.69, 9.17) is 4.74 Å². The van der Waals surface area contributed by atoms with Crippen molar-refractivity contribution in [2.75, 3.05) is 5.32 Å². The molecule has 35 heavy (non-hydrogen) atoms. The van der Waals surface area contributed by atoms with Crippen molar-refractivity contribution in [2.45, 2.75) is 66.0 Å². The number of rotatable bonds is 6. The summed E-state index contributed by atoms with van der Waals surface area (Å²) in [6.07, 6.45) is 8.73. The van der Waals surface area contributed by atoms with Crippen LogP contribution in [0.25, 0.3) is 16.9 Å². The Labute approximate surface area is 207 Å². The first-order valence-corrected chi connectivity index (χ1v) is 12.7. The van der Waals surface area contributed by atoms with Gasteiger partial charge in [-0.1, -0.05) is 0 Å². The van der Waals surface area contributed by atoms with E-state index in [2.05, 4.69) is 20.5 Å². The Hall–Kier alpha value is -3.53. The third kappa shape index (κ3) is 4.22. The van der Waals surface area contributed by atoms with Crippen LogP contribution >= 0.6 is 11.3 Å². The average molecular weight is 493 g/mol. The van der Waals surface area contributed by atoms with Crippen molar-refractivity contribution in [1.29, 1.82) is 0 Å². The predicted octanol–water partition coefficient (Wildman–Crippen LogP) is 4.68. The lowest BCUT2D eigenvalue weighted by atomic mass is 9.95. The van der Waals surface area contributed by atoms with Crippen molar-refractivity contribution in [3.8, 4) is 11.3 Å². The first-order valence-electron chi connectivity index (χ1n) is 11.9. The van der Waals surface area contributed by atoms with Crippen molar-refractivity contribution < 1.29 is 14.3 Å². The maximum Gasteiger partial charge on any atom is 0.341 e. The number of hydrogen-bond donors (Lipinski definition) is 1. The molecule has 0 unspecified atom stereocenters. The number of thiophene rings is 1. The number of amides is 1. The van der Waals surface area contributed by atoms with Gasteiger partial charge in [-0.2, -0.15) is 10.2 Å². The normalized spacial score (nSPS) is 13.3. The quantitative estimate of drug-likeness (QED) is 0.392. The molecule has 0 saturated carbocycles. The Morgan fingerprint density at radius 1 is 1.26 bits per heavy atom. The van der Waals surface area contributed by atoms with Gasteiger partial charge < -0.3 is 10.1 Å². The number of fused-ring (bicyclic) bond motifs is 2. The smallest absolute Gasteiger partial charge is 0.341 e. The number of anilines is 1. The van der Waals surface area contributed by atoms with E-state index >= 15 is 0 Å². The Kier molecular flexibility index (Phi) is 6.14. The summed E-state index contributed by atoms with van der Waals surface area (Å²) in [7, 11) is 0. The number of nitrogens with one attached hydrogen (secondary N) is 1. The molecule has 0 aromatic carbocycles. The van der Waals surface area contributed by atoms with Crippen molar-refractivity contribution in [3.05, 3.63) is 51.9 Å². The Balaban J connectivity index is 1.51. The van der Waals surface area contributed by atoms with Gasteiger partial charge in [0.05, 0.1) is 29.3 Å². The van der Waals surface area contributed by atoms with E-state index in [1.807, 2.05) is 44.6 Å². The molecule has 0 bridgehead atoms. The number of esters is 1. The van der Waals surface area contributed by atoms with E-state index in [1.165, 1.54) is 17.5 Å². The van der Waals surface area contributed by atoms with Gasteiger partial charge in [-0.25, -0.2) is 14.3 Å². The topological polar surface area (TPSA) is 103 Å². The van der Waals surface area contributed by atoms with Crippen molar-refractivity contribution in [3.63, 3.8) is 0 Å². The second-order valence-electron chi connectivity index (χ2n) is 8.93. The molecular formula is C25H28N6O3S. The number of carbonyl (C=O) groups is 2. The molecule has 9 nitrogen and oxygen atoms in total. The monoisotopic (exact) mass is 492 g/mol. The third-order valence-corrected chi connectivity index (χ3v) is 7.34. The van der Waals surface area contributed by atoms with Crippen LogP contribution in [0.15, 0.2) is 24.7 Å². The number of aromatic nitrogens is 5.